The largest absolute Gasteiger partial charge is 0.332 e. The monoisotopic (exact) mass is 313 g/mol. The molecule has 2 amide bonds. The standard InChI is InChI=1S/C18H17FN2O2/c1-12-2-8-15(9-3-12)21-17(22)10-16(18(21)23)20-11-13-4-6-14(19)7-5-13/h2-9,16,20H,10-11H2,1H3/p+1/t16-/m0/s1. The summed E-state index contributed by atoms with van der Waals surface area (Å²) in [6.07, 6.45) is 0.188. The van der Waals surface area contributed by atoms with Gasteiger partial charge in [0.05, 0.1) is 12.1 Å². The smallest absolute Gasteiger partial charge is 0.292 e. The van der Waals surface area contributed by atoms with Crippen LogP contribution < -0.4 is 10.2 Å². The Morgan fingerprint density at radius 3 is 2.39 bits per heavy atom. The normalized spacial score (nSPS) is 17.8. The van der Waals surface area contributed by atoms with E-state index in [9.17, 15) is 14.0 Å². The SMILES string of the molecule is Cc1ccc(N2C(=O)C[C@H]([NH2+]Cc3ccc(F)cc3)C2=O)cc1. The maximum Gasteiger partial charge on any atom is 0.292 e. The fourth-order valence-electron chi connectivity index (χ4n) is 2.70. The number of anilines is 1. The molecule has 0 aromatic heterocycles. The fourth-order valence-corrected chi connectivity index (χ4v) is 2.70. The summed E-state index contributed by atoms with van der Waals surface area (Å²) in [7, 11) is 0. The van der Waals surface area contributed by atoms with E-state index in [2.05, 4.69) is 0 Å². The second kappa shape index (κ2) is 6.30. The lowest BCUT2D eigenvalue weighted by Crippen LogP contribution is -2.90. The Bertz CT molecular complexity index is 726. The second-order valence-corrected chi connectivity index (χ2v) is 5.78. The molecule has 2 aromatic rings. The minimum atomic E-state index is -0.422. The lowest BCUT2D eigenvalue weighted by Gasteiger charge is -2.14. The van der Waals surface area contributed by atoms with Crippen molar-refractivity contribution in [3.05, 3.63) is 65.5 Å². The Labute approximate surface area is 133 Å². The van der Waals surface area contributed by atoms with Gasteiger partial charge in [-0.3, -0.25) is 9.59 Å². The summed E-state index contributed by atoms with van der Waals surface area (Å²) < 4.78 is 12.9. The Morgan fingerprint density at radius 2 is 1.74 bits per heavy atom. The van der Waals surface area contributed by atoms with Crippen LogP contribution in [0.3, 0.4) is 0 Å². The van der Waals surface area contributed by atoms with Crippen LogP contribution in [0.1, 0.15) is 17.5 Å². The van der Waals surface area contributed by atoms with Crippen molar-refractivity contribution in [2.45, 2.75) is 25.9 Å². The number of quaternary nitrogens is 1. The Kier molecular flexibility index (Phi) is 4.21. The summed E-state index contributed by atoms with van der Waals surface area (Å²) in [6, 6.07) is 13.1. The van der Waals surface area contributed by atoms with Crippen LogP contribution in [0.2, 0.25) is 0 Å². The van der Waals surface area contributed by atoms with Crippen molar-refractivity contribution in [3.8, 4) is 0 Å². The van der Waals surface area contributed by atoms with E-state index in [0.29, 0.717) is 12.2 Å². The number of aryl methyl sites for hydroxylation is 1. The number of hydrogen-bond acceptors (Lipinski definition) is 2. The van der Waals surface area contributed by atoms with E-state index in [1.165, 1.54) is 17.0 Å². The van der Waals surface area contributed by atoms with Gasteiger partial charge in [0, 0.05) is 5.56 Å². The van der Waals surface area contributed by atoms with Gasteiger partial charge in [0.15, 0.2) is 6.04 Å². The average Bonchev–Trinajstić information content (AvgIpc) is 2.82. The van der Waals surface area contributed by atoms with Crippen molar-refractivity contribution in [1.29, 1.82) is 0 Å². The molecule has 0 bridgehead atoms. The van der Waals surface area contributed by atoms with Gasteiger partial charge < -0.3 is 5.32 Å². The number of benzene rings is 2. The third-order valence-corrected chi connectivity index (χ3v) is 4.03. The van der Waals surface area contributed by atoms with Crippen LogP contribution in [0.5, 0.6) is 0 Å². The summed E-state index contributed by atoms with van der Waals surface area (Å²) >= 11 is 0. The highest BCUT2D eigenvalue weighted by atomic mass is 19.1. The Balaban J connectivity index is 1.68. The zero-order valence-corrected chi connectivity index (χ0v) is 12.8. The molecule has 0 aliphatic carbocycles. The molecule has 3 rings (SSSR count). The van der Waals surface area contributed by atoms with Gasteiger partial charge in [0.25, 0.3) is 5.91 Å². The molecule has 2 N–H and O–H groups in total. The van der Waals surface area contributed by atoms with E-state index < -0.39 is 6.04 Å². The van der Waals surface area contributed by atoms with Crippen molar-refractivity contribution in [1.82, 2.24) is 0 Å². The van der Waals surface area contributed by atoms with E-state index in [1.807, 2.05) is 24.4 Å². The van der Waals surface area contributed by atoms with Crippen molar-refractivity contribution >= 4 is 17.5 Å². The number of hydrogen-bond donors (Lipinski definition) is 1. The third-order valence-electron chi connectivity index (χ3n) is 4.03. The van der Waals surface area contributed by atoms with E-state index >= 15 is 0 Å². The van der Waals surface area contributed by atoms with Gasteiger partial charge in [-0.25, -0.2) is 9.29 Å². The summed E-state index contributed by atoms with van der Waals surface area (Å²) in [4.78, 5) is 25.9. The molecular weight excluding hydrogens is 295 g/mol. The first-order valence-corrected chi connectivity index (χ1v) is 7.56. The maximum absolute atomic E-state index is 12.9. The minimum absolute atomic E-state index is 0.181. The van der Waals surface area contributed by atoms with E-state index in [1.54, 1.807) is 24.3 Å². The number of halogens is 1. The van der Waals surface area contributed by atoms with Crippen LogP contribution in [0.4, 0.5) is 10.1 Å². The molecule has 1 atom stereocenters. The zero-order chi connectivity index (χ0) is 16.4. The molecule has 0 saturated carbocycles. The fraction of sp³-hybridized carbons (Fsp3) is 0.222. The predicted molar refractivity (Wildman–Crippen MR) is 84.1 cm³/mol. The van der Waals surface area contributed by atoms with Crippen molar-refractivity contribution < 1.29 is 19.3 Å². The number of nitrogens with two attached hydrogens (primary N) is 1. The summed E-state index contributed by atoms with van der Waals surface area (Å²) in [5.41, 5.74) is 2.61. The van der Waals surface area contributed by atoms with Crippen LogP contribution in [0, 0.1) is 12.7 Å². The predicted octanol–water partition coefficient (Wildman–Crippen LogP) is 1.53. The molecule has 1 aliphatic heterocycles. The van der Waals surface area contributed by atoms with E-state index in [4.69, 9.17) is 0 Å². The molecule has 4 nitrogen and oxygen atoms in total. The highest BCUT2D eigenvalue weighted by Gasteiger charge is 2.42. The Hall–Kier alpha value is -2.53. The summed E-state index contributed by atoms with van der Waals surface area (Å²) in [5, 5.41) is 1.83. The van der Waals surface area contributed by atoms with Crippen molar-refractivity contribution in [3.63, 3.8) is 0 Å². The number of carbonyl (C=O) groups is 2. The average molecular weight is 313 g/mol. The number of carbonyl (C=O) groups excluding carboxylic acids is 2. The quantitative estimate of drug-likeness (QED) is 0.870. The molecule has 0 spiro atoms. The van der Waals surface area contributed by atoms with E-state index in [-0.39, 0.29) is 24.1 Å². The zero-order valence-electron chi connectivity index (χ0n) is 12.8. The first-order valence-electron chi connectivity index (χ1n) is 7.56. The molecule has 1 fully saturated rings. The number of rotatable bonds is 4. The lowest BCUT2D eigenvalue weighted by atomic mass is 10.2. The molecule has 1 aliphatic rings. The first-order chi connectivity index (χ1) is 11.0. The molecule has 23 heavy (non-hydrogen) atoms. The molecule has 0 radical (unpaired) electrons. The molecule has 1 heterocycles. The van der Waals surface area contributed by atoms with Crippen LogP contribution in [-0.2, 0) is 16.1 Å². The number of nitrogens with zero attached hydrogens (tertiary/aromatic N) is 1. The second-order valence-electron chi connectivity index (χ2n) is 5.78. The molecule has 2 aromatic carbocycles. The molecule has 0 unspecified atom stereocenters. The van der Waals surface area contributed by atoms with Crippen molar-refractivity contribution in [2.24, 2.45) is 0 Å². The maximum atomic E-state index is 12.9. The molecular formula is C18H18FN2O2+. The van der Waals surface area contributed by atoms with Gasteiger partial charge in [-0.05, 0) is 31.2 Å². The van der Waals surface area contributed by atoms with Crippen LogP contribution in [-0.4, -0.2) is 17.9 Å². The number of imide groups is 1. The highest BCUT2D eigenvalue weighted by Crippen LogP contribution is 2.22. The van der Waals surface area contributed by atoms with E-state index in [0.717, 1.165) is 11.1 Å². The Morgan fingerprint density at radius 1 is 1.09 bits per heavy atom. The molecule has 118 valence electrons. The van der Waals surface area contributed by atoms with Crippen molar-refractivity contribution in [2.75, 3.05) is 4.90 Å². The van der Waals surface area contributed by atoms with Gasteiger partial charge in [-0.2, -0.15) is 0 Å². The molecule has 5 heteroatoms. The van der Waals surface area contributed by atoms with Gasteiger partial charge in [0.1, 0.15) is 12.4 Å². The van der Waals surface area contributed by atoms with Gasteiger partial charge in [0.2, 0.25) is 5.91 Å². The topological polar surface area (TPSA) is 54.0 Å². The summed E-state index contributed by atoms with van der Waals surface area (Å²) in [5.74, 6) is -0.661. The van der Waals surface area contributed by atoms with Crippen LogP contribution in [0.25, 0.3) is 0 Å². The summed E-state index contributed by atoms with van der Waals surface area (Å²) in [6.45, 7) is 2.49. The van der Waals surface area contributed by atoms with Gasteiger partial charge >= 0.3 is 0 Å². The van der Waals surface area contributed by atoms with Gasteiger partial charge in [-0.15, -0.1) is 0 Å². The third kappa shape index (κ3) is 3.29. The highest BCUT2D eigenvalue weighted by molar-refractivity contribution is 6.21. The number of amides is 2. The van der Waals surface area contributed by atoms with Crippen LogP contribution >= 0.6 is 0 Å². The van der Waals surface area contributed by atoms with Crippen LogP contribution in [0.15, 0.2) is 48.5 Å². The van der Waals surface area contributed by atoms with Gasteiger partial charge in [-0.1, -0.05) is 29.8 Å². The molecule has 1 saturated heterocycles. The lowest BCUT2D eigenvalue weighted by molar-refractivity contribution is -0.690. The first kappa shape index (κ1) is 15.4. The minimum Gasteiger partial charge on any atom is -0.332 e.